The minimum Gasteiger partial charge on any atom is -0.408 e. The van der Waals surface area contributed by atoms with Crippen LogP contribution in [0, 0.1) is 0 Å². The molecule has 0 saturated carbocycles. The summed E-state index contributed by atoms with van der Waals surface area (Å²) in [6.45, 7) is 7.24. The van der Waals surface area contributed by atoms with Crippen molar-refractivity contribution in [2.24, 2.45) is 22.9 Å². The van der Waals surface area contributed by atoms with E-state index in [-0.39, 0.29) is 5.04 Å². The van der Waals surface area contributed by atoms with Crippen LogP contribution in [0.1, 0.15) is 20.8 Å². The summed E-state index contributed by atoms with van der Waals surface area (Å²) in [7, 11) is -2.46. The average Bonchev–Trinajstić information content (AvgIpc) is 3.09. The van der Waals surface area contributed by atoms with Gasteiger partial charge in [0.25, 0.3) is 0 Å². The zero-order valence-corrected chi connectivity index (χ0v) is 31.0. The molecule has 17 N–H and O–H groups in total. The van der Waals surface area contributed by atoms with Gasteiger partial charge >= 0.3 is 0 Å². The molecule has 0 spiro atoms. The van der Waals surface area contributed by atoms with Crippen molar-refractivity contribution in [2.75, 3.05) is 26.4 Å². The summed E-state index contributed by atoms with van der Waals surface area (Å²) in [5, 5.41) is 94.2. The second-order valence-corrected chi connectivity index (χ2v) is 20.1. The number of hydrogen-bond acceptors (Lipinski definition) is 21. The molecule has 306 valence electrons. The maximum atomic E-state index is 11.3. The first-order valence-corrected chi connectivity index (χ1v) is 20.3. The standard InChI is InChI=1S/C30H60N4O17Si/c1-30(2,3)52(4,5)51-25-13(9-38)47-29(17(34)21(25)42)50-24-12(8-37)46-28(16(33)20(24)41)49-23-11(7-36)45-27(15(32)19(23)40)48-22-10(6-35)44-26(43)14(31)18(22)39/h10-29,35-43H,6-9,31-34H2,1-5H3/t10?,11?,12?,13?,14-,15+,16-,17+,18?,19-,20?,21-,22+,23?,24+,25?,26+,27?,28-,29?/m1/s1. The topological polar surface area (TPSA) is 360 Å². The van der Waals surface area contributed by atoms with Crippen molar-refractivity contribution in [2.45, 2.75) is 161 Å². The Morgan fingerprint density at radius 3 is 1.12 bits per heavy atom. The van der Waals surface area contributed by atoms with Gasteiger partial charge in [-0.2, -0.15) is 0 Å². The third-order valence-corrected chi connectivity index (χ3v) is 15.2. The summed E-state index contributed by atoms with van der Waals surface area (Å²) in [5.74, 6) is 0. The van der Waals surface area contributed by atoms with Crippen LogP contribution in [0.5, 0.6) is 0 Å². The Morgan fingerprint density at radius 2 is 0.788 bits per heavy atom. The molecule has 0 bridgehead atoms. The highest BCUT2D eigenvalue weighted by molar-refractivity contribution is 6.74. The predicted molar refractivity (Wildman–Crippen MR) is 178 cm³/mol. The van der Waals surface area contributed by atoms with Crippen molar-refractivity contribution in [1.82, 2.24) is 0 Å². The van der Waals surface area contributed by atoms with Gasteiger partial charge in [0.1, 0.15) is 73.2 Å². The number of hydrogen-bond donors (Lipinski definition) is 13. The molecule has 0 amide bonds. The Labute approximate surface area is 302 Å². The maximum absolute atomic E-state index is 11.3. The third kappa shape index (κ3) is 8.99. The van der Waals surface area contributed by atoms with Gasteiger partial charge in [0.05, 0.1) is 50.6 Å². The van der Waals surface area contributed by atoms with E-state index in [1.54, 1.807) is 0 Å². The van der Waals surface area contributed by atoms with E-state index < -0.39 is 157 Å². The fraction of sp³-hybridized carbons (Fsp3) is 1.00. The minimum absolute atomic E-state index is 0.230. The van der Waals surface area contributed by atoms with Gasteiger partial charge in [0.15, 0.2) is 33.5 Å². The monoisotopic (exact) mass is 776 g/mol. The van der Waals surface area contributed by atoms with Gasteiger partial charge in [-0.15, -0.1) is 0 Å². The van der Waals surface area contributed by atoms with Gasteiger partial charge < -0.3 is 106 Å². The zero-order chi connectivity index (χ0) is 39.0. The fourth-order valence-electron chi connectivity index (χ4n) is 6.36. The smallest absolute Gasteiger partial charge is 0.192 e. The largest absolute Gasteiger partial charge is 0.408 e. The number of aliphatic hydroxyl groups is 9. The summed E-state index contributed by atoms with van der Waals surface area (Å²) in [6, 6.07) is -5.35. The summed E-state index contributed by atoms with van der Waals surface area (Å²) in [4.78, 5) is 0. The highest BCUT2D eigenvalue weighted by Gasteiger charge is 2.55. The van der Waals surface area contributed by atoms with E-state index >= 15 is 0 Å². The SMILES string of the molecule is CC(C)(C)[Si](C)(C)OC1C(CO)OC(O[C@H]2C(CO)O[C@H](OC3C(CO)OC(O[C@H]4C(CO)O[C@H](O)[C@H](N)C4O)[C@@H](N)[C@H]3O)[C@H](N)C2O)[C@@H](N)[C@H]1O. The first kappa shape index (κ1) is 44.1. The first-order chi connectivity index (χ1) is 24.2. The van der Waals surface area contributed by atoms with Gasteiger partial charge in [-0.25, -0.2) is 0 Å². The molecule has 0 aromatic heterocycles. The zero-order valence-electron chi connectivity index (χ0n) is 30.0. The second kappa shape index (κ2) is 17.7. The van der Waals surface area contributed by atoms with E-state index in [1.807, 2.05) is 33.9 Å². The Kier molecular flexibility index (Phi) is 15.0. The Morgan fingerprint density at radius 1 is 0.500 bits per heavy atom. The molecule has 22 heteroatoms. The van der Waals surface area contributed by atoms with E-state index in [4.69, 9.17) is 60.5 Å². The Balaban J connectivity index is 1.43. The van der Waals surface area contributed by atoms with Crippen LogP contribution in [0.15, 0.2) is 0 Å². The molecule has 0 radical (unpaired) electrons. The summed E-state index contributed by atoms with van der Waals surface area (Å²) in [6.07, 6.45) is -22.4. The first-order valence-electron chi connectivity index (χ1n) is 17.3. The molecule has 4 saturated heterocycles. The molecule has 4 rings (SSSR count). The molecule has 4 heterocycles. The van der Waals surface area contributed by atoms with Crippen molar-refractivity contribution < 1.29 is 83.5 Å². The molecule has 4 aliphatic heterocycles. The van der Waals surface area contributed by atoms with Gasteiger partial charge in [0.2, 0.25) is 0 Å². The van der Waals surface area contributed by atoms with E-state index in [0.717, 1.165) is 0 Å². The molecule has 52 heavy (non-hydrogen) atoms. The van der Waals surface area contributed by atoms with Crippen molar-refractivity contribution in [3.63, 3.8) is 0 Å². The van der Waals surface area contributed by atoms with E-state index in [2.05, 4.69) is 0 Å². The molecule has 0 aliphatic carbocycles. The van der Waals surface area contributed by atoms with Gasteiger partial charge in [0, 0.05) is 0 Å². The number of nitrogens with two attached hydrogens (primary N) is 4. The highest BCUT2D eigenvalue weighted by Crippen LogP contribution is 2.40. The van der Waals surface area contributed by atoms with Crippen LogP contribution in [-0.2, 0) is 37.6 Å². The van der Waals surface area contributed by atoms with Crippen LogP contribution < -0.4 is 22.9 Å². The quantitative estimate of drug-likeness (QED) is 0.0819. The predicted octanol–water partition coefficient (Wildman–Crippen LogP) is -6.85. The van der Waals surface area contributed by atoms with Gasteiger partial charge in [-0.3, -0.25) is 0 Å². The molecule has 10 unspecified atom stereocenters. The third-order valence-electron chi connectivity index (χ3n) is 10.7. The molecule has 20 atom stereocenters. The lowest BCUT2D eigenvalue weighted by molar-refractivity contribution is -0.358. The Bertz CT molecular complexity index is 1120. The van der Waals surface area contributed by atoms with Crippen molar-refractivity contribution in [1.29, 1.82) is 0 Å². The summed E-state index contributed by atoms with van der Waals surface area (Å²) in [5.41, 5.74) is 24.6. The minimum atomic E-state index is -2.46. The van der Waals surface area contributed by atoms with Gasteiger partial charge in [-0.05, 0) is 18.1 Å². The summed E-state index contributed by atoms with van der Waals surface area (Å²) >= 11 is 0. The van der Waals surface area contributed by atoms with Crippen LogP contribution in [0.4, 0.5) is 0 Å². The fourth-order valence-corrected chi connectivity index (χ4v) is 7.69. The molecule has 4 aliphatic rings. The second-order valence-electron chi connectivity index (χ2n) is 15.3. The van der Waals surface area contributed by atoms with E-state index in [9.17, 15) is 46.0 Å². The van der Waals surface area contributed by atoms with Crippen molar-refractivity contribution in [3.8, 4) is 0 Å². The Hall–Kier alpha value is -0.623. The van der Waals surface area contributed by atoms with E-state index in [1.165, 1.54) is 0 Å². The number of ether oxygens (including phenoxy) is 7. The number of aliphatic hydroxyl groups excluding tert-OH is 9. The molecule has 0 aromatic carbocycles. The van der Waals surface area contributed by atoms with Crippen LogP contribution in [0.3, 0.4) is 0 Å². The van der Waals surface area contributed by atoms with Crippen molar-refractivity contribution >= 4 is 8.32 Å². The van der Waals surface area contributed by atoms with Crippen LogP contribution >= 0.6 is 0 Å². The molecule has 21 nitrogen and oxygen atoms in total. The maximum Gasteiger partial charge on any atom is 0.192 e. The lowest BCUT2D eigenvalue weighted by atomic mass is 9.94. The van der Waals surface area contributed by atoms with Crippen LogP contribution in [0.25, 0.3) is 0 Å². The summed E-state index contributed by atoms with van der Waals surface area (Å²) < 4.78 is 46.7. The average molecular weight is 777 g/mol. The van der Waals surface area contributed by atoms with E-state index in [0.29, 0.717) is 0 Å². The number of rotatable bonds is 12. The van der Waals surface area contributed by atoms with Crippen molar-refractivity contribution in [3.05, 3.63) is 0 Å². The lowest BCUT2D eigenvalue weighted by Crippen LogP contribution is -2.70. The lowest BCUT2D eigenvalue weighted by Gasteiger charge is -2.50. The molecule has 4 fully saturated rings. The molecular weight excluding hydrogens is 716 g/mol. The normalized spacial score (nSPS) is 48.1. The molecule has 0 aromatic rings. The van der Waals surface area contributed by atoms with Crippen LogP contribution in [0.2, 0.25) is 18.1 Å². The molecular formula is C30H60N4O17Si. The van der Waals surface area contributed by atoms with Crippen LogP contribution in [-0.4, -0.2) is 203 Å². The highest BCUT2D eigenvalue weighted by atomic mass is 28.4. The van der Waals surface area contributed by atoms with Gasteiger partial charge in [-0.1, -0.05) is 20.8 Å².